The molecular weight excluding hydrogens is 347 g/mol. The van der Waals surface area contributed by atoms with Crippen LogP contribution < -0.4 is 15.4 Å². The van der Waals surface area contributed by atoms with Gasteiger partial charge in [0.1, 0.15) is 12.4 Å². The average molecular weight is 369 g/mol. The fourth-order valence-corrected chi connectivity index (χ4v) is 2.14. The summed E-state index contributed by atoms with van der Waals surface area (Å²) in [6, 6.07) is 14.7. The summed E-state index contributed by atoms with van der Waals surface area (Å²) in [4.78, 5) is 12.1. The Kier molecular flexibility index (Phi) is 9.23. The minimum Gasteiger partial charge on any atom is -0.489 e. The van der Waals surface area contributed by atoms with Crippen LogP contribution in [0.4, 0.5) is 0 Å². The van der Waals surface area contributed by atoms with Crippen molar-refractivity contribution in [1.29, 1.82) is 0 Å². The van der Waals surface area contributed by atoms with Gasteiger partial charge in [0.2, 0.25) is 0 Å². The number of nitrogens with one attached hydrogen (secondary N) is 2. The predicted molar refractivity (Wildman–Crippen MR) is 100 cm³/mol. The quantitative estimate of drug-likeness (QED) is 0.698. The molecule has 24 heavy (non-hydrogen) atoms. The molecule has 0 radical (unpaired) electrons. The Balaban J connectivity index is 0.00000288. The fraction of sp³-hybridized carbons (Fsp3) is 0.278. The first kappa shape index (κ1) is 20.3. The second-order valence-electron chi connectivity index (χ2n) is 5.05. The van der Waals surface area contributed by atoms with E-state index in [2.05, 4.69) is 10.6 Å². The van der Waals surface area contributed by atoms with Crippen molar-refractivity contribution in [2.75, 3.05) is 19.6 Å². The van der Waals surface area contributed by atoms with Crippen molar-refractivity contribution >= 4 is 29.9 Å². The van der Waals surface area contributed by atoms with Crippen LogP contribution in [0.2, 0.25) is 5.02 Å². The molecular formula is C18H22Cl2N2O2. The lowest BCUT2D eigenvalue weighted by Crippen LogP contribution is -2.31. The zero-order valence-corrected chi connectivity index (χ0v) is 15.1. The number of carbonyl (C=O) groups is 1. The molecule has 2 N–H and O–H groups in total. The molecule has 6 heteroatoms. The van der Waals surface area contributed by atoms with Gasteiger partial charge in [-0.3, -0.25) is 4.79 Å². The normalized spacial score (nSPS) is 9.92. The summed E-state index contributed by atoms with van der Waals surface area (Å²) in [7, 11) is 0. The van der Waals surface area contributed by atoms with E-state index in [-0.39, 0.29) is 18.3 Å². The molecule has 2 aromatic carbocycles. The second-order valence-corrected chi connectivity index (χ2v) is 5.49. The molecule has 0 bridgehead atoms. The lowest BCUT2D eigenvalue weighted by molar-refractivity contribution is 0.0953. The zero-order chi connectivity index (χ0) is 16.5. The molecule has 0 saturated heterocycles. The minimum atomic E-state index is -0.0974. The molecule has 0 aromatic heterocycles. The minimum absolute atomic E-state index is 0. The Bertz CT molecular complexity index is 633. The van der Waals surface area contributed by atoms with Gasteiger partial charge in [0.25, 0.3) is 5.91 Å². The molecule has 2 rings (SSSR count). The van der Waals surface area contributed by atoms with E-state index in [0.717, 1.165) is 18.7 Å². The lowest BCUT2D eigenvalue weighted by atomic mass is 10.2. The molecule has 0 atom stereocenters. The van der Waals surface area contributed by atoms with Gasteiger partial charge in [0.05, 0.1) is 0 Å². The summed E-state index contributed by atoms with van der Waals surface area (Å²) in [6.45, 7) is 4.72. The SMILES string of the molecule is CCNCCNC(=O)c1cccc(OCc2ccc(Cl)cc2)c1.Cl. The highest BCUT2D eigenvalue weighted by Crippen LogP contribution is 2.16. The first-order valence-corrected chi connectivity index (χ1v) is 8.03. The van der Waals surface area contributed by atoms with Crippen LogP contribution in [0.15, 0.2) is 48.5 Å². The van der Waals surface area contributed by atoms with E-state index in [4.69, 9.17) is 16.3 Å². The van der Waals surface area contributed by atoms with Crippen molar-refractivity contribution in [2.24, 2.45) is 0 Å². The van der Waals surface area contributed by atoms with Gasteiger partial charge >= 0.3 is 0 Å². The molecule has 0 aliphatic heterocycles. The zero-order valence-electron chi connectivity index (χ0n) is 13.5. The maximum Gasteiger partial charge on any atom is 0.251 e. The molecule has 0 aliphatic rings. The summed E-state index contributed by atoms with van der Waals surface area (Å²) < 4.78 is 5.73. The van der Waals surface area contributed by atoms with E-state index in [1.165, 1.54) is 0 Å². The van der Waals surface area contributed by atoms with Crippen LogP contribution >= 0.6 is 24.0 Å². The number of hydrogen-bond acceptors (Lipinski definition) is 3. The monoisotopic (exact) mass is 368 g/mol. The Morgan fingerprint density at radius 1 is 1.12 bits per heavy atom. The van der Waals surface area contributed by atoms with Crippen molar-refractivity contribution in [3.05, 3.63) is 64.7 Å². The first-order valence-electron chi connectivity index (χ1n) is 7.65. The summed E-state index contributed by atoms with van der Waals surface area (Å²) in [5, 5.41) is 6.73. The highest BCUT2D eigenvalue weighted by atomic mass is 35.5. The predicted octanol–water partition coefficient (Wildman–Crippen LogP) is 3.68. The van der Waals surface area contributed by atoms with Gasteiger partial charge in [-0.15, -0.1) is 12.4 Å². The average Bonchev–Trinajstić information content (AvgIpc) is 2.58. The summed E-state index contributed by atoms with van der Waals surface area (Å²) in [5.41, 5.74) is 1.62. The third-order valence-electron chi connectivity index (χ3n) is 3.25. The molecule has 0 heterocycles. The van der Waals surface area contributed by atoms with Crippen LogP contribution in [-0.2, 0) is 6.61 Å². The molecule has 0 fully saturated rings. The van der Waals surface area contributed by atoms with Crippen molar-refractivity contribution in [2.45, 2.75) is 13.5 Å². The molecule has 1 amide bonds. The molecule has 4 nitrogen and oxygen atoms in total. The van der Waals surface area contributed by atoms with Gasteiger partial charge in [0.15, 0.2) is 0 Å². The van der Waals surface area contributed by atoms with Crippen LogP contribution in [0.5, 0.6) is 5.75 Å². The molecule has 0 aliphatic carbocycles. The molecule has 0 unspecified atom stereocenters. The van der Waals surface area contributed by atoms with Gasteiger partial charge in [0, 0.05) is 23.7 Å². The highest BCUT2D eigenvalue weighted by molar-refractivity contribution is 6.30. The smallest absolute Gasteiger partial charge is 0.251 e. The second kappa shape index (κ2) is 10.9. The number of amides is 1. The van der Waals surface area contributed by atoms with E-state index in [1.807, 2.05) is 43.3 Å². The van der Waals surface area contributed by atoms with Crippen LogP contribution in [0.1, 0.15) is 22.8 Å². The van der Waals surface area contributed by atoms with E-state index in [0.29, 0.717) is 29.5 Å². The van der Waals surface area contributed by atoms with Crippen LogP contribution in [0, 0.1) is 0 Å². The lowest BCUT2D eigenvalue weighted by Gasteiger charge is -2.09. The van der Waals surface area contributed by atoms with Gasteiger partial charge in [-0.2, -0.15) is 0 Å². The maximum absolute atomic E-state index is 12.1. The van der Waals surface area contributed by atoms with E-state index in [9.17, 15) is 4.79 Å². The van der Waals surface area contributed by atoms with Crippen LogP contribution in [-0.4, -0.2) is 25.5 Å². The Labute approximate surface area is 154 Å². The van der Waals surface area contributed by atoms with Gasteiger partial charge in [-0.05, 0) is 42.4 Å². The largest absolute Gasteiger partial charge is 0.489 e. The maximum atomic E-state index is 12.1. The van der Waals surface area contributed by atoms with E-state index >= 15 is 0 Å². The molecule has 2 aromatic rings. The van der Waals surface area contributed by atoms with Gasteiger partial charge in [-0.1, -0.05) is 36.7 Å². The molecule has 130 valence electrons. The number of halogens is 2. The topological polar surface area (TPSA) is 50.4 Å². The standard InChI is InChI=1S/C18H21ClN2O2.ClH/c1-2-20-10-11-21-18(22)15-4-3-5-17(12-15)23-13-14-6-8-16(19)9-7-14;/h3-9,12,20H,2,10-11,13H2,1H3,(H,21,22);1H. The highest BCUT2D eigenvalue weighted by Gasteiger charge is 2.06. The first-order chi connectivity index (χ1) is 11.2. The Hall–Kier alpha value is -1.75. The van der Waals surface area contributed by atoms with Gasteiger partial charge in [-0.25, -0.2) is 0 Å². The number of hydrogen-bond donors (Lipinski definition) is 2. The van der Waals surface area contributed by atoms with E-state index < -0.39 is 0 Å². The van der Waals surface area contributed by atoms with Crippen molar-refractivity contribution < 1.29 is 9.53 Å². The summed E-state index contributed by atoms with van der Waals surface area (Å²) in [6.07, 6.45) is 0. The third-order valence-corrected chi connectivity index (χ3v) is 3.50. The van der Waals surface area contributed by atoms with Gasteiger partial charge < -0.3 is 15.4 Å². The Morgan fingerprint density at radius 3 is 2.58 bits per heavy atom. The molecule has 0 saturated carbocycles. The Morgan fingerprint density at radius 2 is 1.88 bits per heavy atom. The van der Waals surface area contributed by atoms with Crippen LogP contribution in [0.25, 0.3) is 0 Å². The number of carbonyl (C=O) groups excluding carboxylic acids is 1. The number of likely N-dealkylation sites (N-methyl/N-ethyl adjacent to an activating group) is 1. The number of benzene rings is 2. The number of rotatable bonds is 8. The molecule has 0 spiro atoms. The van der Waals surface area contributed by atoms with Crippen molar-refractivity contribution in [1.82, 2.24) is 10.6 Å². The summed E-state index contributed by atoms with van der Waals surface area (Å²) in [5.74, 6) is 0.569. The number of ether oxygens (including phenoxy) is 1. The van der Waals surface area contributed by atoms with Crippen molar-refractivity contribution in [3.8, 4) is 5.75 Å². The summed E-state index contributed by atoms with van der Waals surface area (Å²) >= 11 is 5.86. The fourth-order valence-electron chi connectivity index (χ4n) is 2.02. The van der Waals surface area contributed by atoms with Crippen molar-refractivity contribution in [3.63, 3.8) is 0 Å². The third kappa shape index (κ3) is 6.79. The van der Waals surface area contributed by atoms with E-state index in [1.54, 1.807) is 12.1 Å². The van der Waals surface area contributed by atoms with Crippen LogP contribution in [0.3, 0.4) is 0 Å².